The van der Waals surface area contributed by atoms with Crippen LogP contribution in [0, 0.1) is 17.0 Å². The molecule has 0 spiro atoms. The first-order chi connectivity index (χ1) is 10.6. The molecular formula is C13H12N6O3. The van der Waals surface area contributed by atoms with Crippen LogP contribution in [0.15, 0.2) is 35.0 Å². The third kappa shape index (κ3) is 2.82. The van der Waals surface area contributed by atoms with E-state index in [0.717, 1.165) is 5.56 Å². The molecule has 3 rings (SSSR count). The minimum atomic E-state index is -0.516. The minimum absolute atomic E-state index is 0.166. The molecule has 0 unspecified atom stereocenters. The highest BCUT2D eigenvalue weighted by atomic mass is 16.6. The summed E-state index contributed by atoms with van der Waals surface area (Å²) in [6, 6.07) is 4.98. The van der Waals surface area contributed by atoms with Crippen molar-refractivity contribution >= 4 is 5.82 Å². The van der Waals surface area contributed by atoms with Crippen molar-refractivity contribution in [3.63, 3.8) is 0 Å². The van der Waals surface area contributed by atoms with Crippen LogP contribution < -0.4 is 0 Å². The Kier molecular flexibility index (Phi) is 3.60. The fourth-order valence-corrected chi connectivity index (χ4v) is 1.98. The van der Waals surface area contributed by atoms with Gasteiger partial charge in [0.1, 0.15) is 0 Å². The molecule has 0 radical (unpaired) electrons. The number of hydrogen-bond donors (Lipinski definition) is 0. The van der Waals surface area contributed by atoms with Crippen molar-refractivity contribution in [2.24, 2.45) is 0 Å². The lowest BCUT2D eigenvalue weighted by Gasteiger charge is -1.96. The maximum Gasteiger partial charge on any atom is 0.390 e. The van der Waals surface area contributed by atoms with Crippen molar-refractivity contribution in [1.29, 1.82) is 0 Å². The Hall–Kier alpha value is -3.10. The van der Waals surface area contributed by atoms with Crippen LogP contribution >= 0.6 is 0 Å². The second-order valence-corrected chi connectivity index (χ2v) is 4.61. The summed E-state index contributed by atoms with van der Waals surface area (Å²) in [5.74, 6) is 0.699. The maximum atomic E-state index is 10.7. The highest BCUT2D eigenvalue weighted by molar-refractivity contribution is 5.50. The van der Waals surface area contributed by atoms with E-state index in [1.807, 2.05) is 0 Å². The number of rotatable bonds is 5. The van der Waals surface area contributed by atoms with E-state index < -0.39 is 4.92 Å². The molecule has 22 heavy (non-hydrogen) atoms. The molecule has 0 aliphatic carbocycles. The summed E-state index contributed by atoms with van der Waals surface area (Å²) >= 11 is 0. The van der Waals surface area contributed by atoms with Gasteiger partial charge in [-0.2, -0.15) is 4.68 Å². The molecule has 3 aromatic heterocycles. The Bertz CT molecular complexity index is 795. The van der Waals surface area contributed by atoms with Gasteiger partial charge < -0.3 is 14.5 Å². The molecule has 0 fully saturated rings. The van der Waals surface area contributed by atoms with E-state index in [1.165, 1.54) is 6.07 Å². The van der Waals surface area contributed by atoms with Crippen molar-refractivity contribution in [2.75, 3.05) is 0 Å². The van der Waals surface area contributed by atoms with Gasteiger partial charge in [0.05, 0.1) is 23.4 Å². The van der Waals surface area contributed by atoms with Crippen LogP contribution in [0.25, 0.3) is 11.5 Å². The predicted molar refractivity (Wildman–Crippen MR) is 74.9 cm³/mol. The lowest BCUT2D eigenvalue weighted by atomic mass is 10.3. The first-order valence-electron chi connectivity index (χ1n) is 6.55. The number of pyridine rings is 1. The molecule has 0 amide bonds. The molecule has 0 saturated carbocycles. The zero-order valence-electron chi connectivity index (χ0n) is 11.7. The smallest absolute Gasteiger partial charge is 0.390 e. The highest BCUT2D eigenvalue weighted by Gasteiger charge is 2.16. The molecular weight excluding hydrogens is 288 g/mol. The SMILES string of the molecule is Cc1cc([N+](=O)[O-])nn1CCc1nnc(-c2ccncc2)o1. The van der Waals surface area contributed by atoms with Crippen LogP contribution in [0.1, 0.15) is 11.6 Å². The third-order valence-electron chi connectivity index (χ3n) is 3.09. The molecule has 0 aromatic carbocycles. The standard InChI is InChI=1S/C13H12N6O3/c1-9-8-11(19(20)21)17-18(9)7-4-12-15-16-13(22-12)10-2-5-14-6-3-10/h2-3,5-6,8H,4,7H2,1H3. The lowest BCUT2D eigenvalue weighted by Crippen LogP contribution is -2.05. The average molecular weight is 300 g/mol. The normalized spacial score (nSPS) is 10.8. The Balaban J connectivity index is 1.70. The summed E-state index contributed by atoms with van der Waals surface area (Å²) in [5.41, 5.74) is 1.50. The summed E-state index contributed by atoms with van der Waals surface area (Å²) in [4.78, 5) is 14.1. The largest absolute Gasteiger partial charge is 0.421 e. The molecule has 0 aliphatic heterocycles. The maximum absolute atomic E-state index is 10.7. The zero-order chi connectivity index (χ0) is 15.5. The quantitative estimate of drug-likeness (QED) is 0.521. The van der Waals surface area contributed by atoms with Gasteiger partial charge in [0.25, 0.3) is 0 Å². The zero-order valence-corrected chi connectivity index (χ0v) is 11.7. The number of nitrogens with zero attached hydrogens (tertiary/aromatic N) is 6. The Morgan fingerprint density at radius 3 is 2.77 bits per heavy atom. The van der Waals surface area contributed by atoms with Crippen molar-refractivity contribution in [3.05, 3.63) is 52.3 Å². The first kappa shape index (κ1) is 13.9. The molecule has 0 aliphatic rings. The van der Waals surface area contributed by atoms with Gasteiger partial charge in [0.2, 0.25) is 11.8 Å². The number of aromatic nitrogens is 5. The topological polar surface area (TPSA) is 113 Å². The summed E-state index contributed by atoms with van der Waals surface area (Å²) in [6.07, 6.45) is 3.73. The Labute approximate surface area is 124 Å². The van der Waals surface area contributed by atoms with Crippen LogP contribution in [0.5, 0.6) is 0 Å². The summed E-state index contributed by atoms with van der Waals surface area (Å²) in [6.45, 7) is 2.19. The van der Waals surface area contributed by atoms with Crippen molar-refractivity contribution in [1.82, 2.24) is 25.0 Å². The summed E-state index contributed by atoms with van der Waals surface area (Å²) < 4.78 is 7.11. The van der Waals surface area contributed by atoms with E-state index in [4.69, 9.17) is 4.42 Å². The van der Waals surface area contributed by atoms with Crippen molar-refractivity contribution in [3.8, 4) is 11.5 Å². The molecule has 3 heterocycles. The second kappa shape index (κ2) is 5.72. The highest BCUT2D eigenvalue weighted by Crippen LogP contribution is 2.17. The van der Waals surface area contributed by atoms with E-state index in [1.54, 1.807) is 36.1 Å². The predicted octanol–water partition coefficient (Wildman–Crippen LogP) is 1.79. The molecule has 112 valence electrons. The fraction of sp³-hybridized carbons (Fsp3) is 0.231. The van der Waals surface area contributed by atoms with Gasteiger partial charge in [-0.3, -0.25) is 4.98 Å². The van der Waals surface area contributed by atoms with Gasteiger partial charge in [0.15, 0.2) is 0 Å². The molecule has 0 saturated heterocycles. The molecule has 0 N–H and O–H groups in total. The number of nitro groups is 1. The van der Waals surface area contributed by atoms with E-state index in [-0.39, 0.29) is 5.82 Å². The minimum Gasteiger partial charge on any atom is -0.421 e. The van der Waals surface area contributed by atoms with Crippen molar-refractivity contribution < 1.29 is 9.34 Å². The third-order valence-corrected chi connectivity index (χ3v) is 3.09. The van der Waals surface area contributed by atoms with Crippen LogP contribution in [0.4, 0.5) is 5.82 Å². The molecule has 0 atom stereocenters. The van der Waals surface area contributed by atoms with Gasteiger partial charge in [-0.15, -0.1) is 10.2 Å². The van der Waals surface area contributed by atoms with Crippen LogP contribution in [0.3, 0.4) is 0 Å². The number of aryl methyl sites for hydroxylation is 3. The molecule has 9 nitrogen and oxygen atoms in total. The van der Waals surface area contributed by atoms with Gasteiger partial charge in [-0.05, 0) is 24.0 Å². The monoisotopic (exact) mass is 300 g/mol. The van der Waals surface area contributed by atoms with E-state index >= 15 is 0 Å². The lowest BCUT2D eigenvalue weighted by molar-refractivity contribution is -0.389. The Morgan fingerprint density at radius 1 is 1.32 bits per heavy atom. The Morgan fingerprint density at radius 2 is 2.09 bits per heavy atom. The summed E-state index contributed by atoms with van der Waals surface area (Å²) in [7, 11) is 0. The van der Waals surface area contributed by atoms with Gasteiger partial charge in [-0.1, -0.05) is 0 Å². The van der Waals surface area contributed by atoms with Crippen LogP contribution in [0.2, 0.25) is 0 Å². The van der Waals surface area contributed by atoms with Gasteiger partial charge in [-0.25, -0.2) is 0 Å². The summed E-state index contributed by atoms with van der Waals surface area (Å²) in [5, 5.41) is 22.5. The van der Waals surface area contributed by atoms with E-state index in [9.17, 15) is 10.1 Å². The first-order valence-corrected chi connectivity index (χ1v) is 6.55. The average Bonchev–Trinajstić information content (AvgIpc) is 3.13. The second-order valence-electron chi connectivity index (χ2n) is 4.61. The van der Waals surface area contributed by atoms with Crippen molar-refractivity contribution in [2.45, 2.75) is 19.9 Å². The van der Waals surface area contributed by atoms with Crippen LogP contribution in [-0.4, -0.2) is 29.9 Å². The number of hydrogen-bond acceptors (Lipinski definition) is 7. The van der Waals surface area contributed by atoms with Crippen LogP contribution in [-0.2, 0) is 13.0 Å². The fourth-order valence-electron chi connectivity index (χ4n) is 1.98. The van der Waals surface area contributed by atoms with E-state index in [0.29, 0.717) is 30.4 Å². The molecule has 0 bridgehead atoms. The van der Waals surface area contributed by atoms with Gasteiger partial charge >= 0.3 is 5.82 Å². The molecule has 9 heteroatoms. The van der Waals surface area contributed by atoms with Gasteiger partial charge in [0, 0.05) is 24.4 Å². The van der Waals surface area contributed by atoms with E-state index in [2.05, 4.69) is 20.3 Å². The molecule has 3 aromatic rings.